The second-order valence-corrected chi connectivity index (χ2v) is 6.21. The fourth-order valence-electron chi connectivity index (χ4n) is 2.23. The third-order valence-electron chi connectivity index (χ3n) is 3.97. The number of carbonyl (C=O) groups excluding carboxylic acids is 2. The molecule has 0 aliphatic carbocycles. The van der Waals surface area contributed by atoms with Crippen molar-refractivity contribution in [3.63, 3.8) is 0 Å². The molecule has 1 fully saturated rings. The number of nitrogens with two attached hydrogens (primary N) is 1. The molecule has 2 amide bonds. The first-order chi connectivity index (χ1) is 10.1. The lowest BCUT2D eigenvalue weighted by molar-refractivity contribution is -0.132. The number of hydrogen-bond donors (Lipinski definition) is 2. The maximum absolute atomic E-state index is 12.0. The minimum absolute atomic E-state index is 0.0519. The summed E-state index contributed by atoms with van der Waals surface area (Å²) in [6, 6.07) is 0. The van der Waals surface area contributed by atoms with Gasteiger partial charge in [0.2, 0.25) is 11.8 Å². The molecule has 1 saturated heterocycles. The van der Waals surface area contributed by atoms with Crippen LogP contribution in [0, 0.1) is 0 Å². The van der Waals surface area contributed by atoms with E-state index in [4.69, 9.17) is 10.5 Å². The van der Waals surface area contributed by atoms with Crippen LogP contribution >= 0.6 is 11.8 Å². The third kappa shape index (κ3) is 5.84. The van der Waals surface area contributed by atoms with Crippen LogP contribution in [0.1, 0.15) is 26.7 Å². The van der Waals surface area contributed by atoms with Crippen LogP contribution in [-0.2, 0) is 14.3 Å². The smallest absolute Gasteiger partial charge is 0.232 e. The van der Waals surface area contributed by atoms with Gasteiger partial charge < -0.3 is 20.7 Å². The van der Waals surface area contributed by atoms with Gasteiger partial charge in [0.1, 0.15) is 0 Å². The molecule has 122 valence electrons. The largest absolute Gasteiger partial charge is 0.378 e. The van der Waals surface area contributed by atoms with E-state index in [-0.39, 0.29) is 23.1 Å². The van der Waals surface area contributed by atoms with Crippen molar-refractivity contribution in [3.8, 4) is 0 Å². The van der Waals surface area contributed by atoms with Crippen LogP contribution in [0.5, 0.6) is 0 Å². The molecule has 21 heavy (non-hydrogen) atoms. The number of amides is 2. The minimum atomic E-state index is -0.314. The molecule has 1 aliphatic heterocycles. The zero-order valence-electron chi connectivity index (χ0n) is 13.0. The average molecular weight is 317 g/mol. The molecule has 1 aliphatic rings. The Labute approximate surface area is 131 Å². The van der Waals surface area contributed by atoms with E-state index in [9.17, 15) is 9.59 Å². The van der Waals surface area contributed by atoms with Gasteiger partial charge in [-0.25, -0.2) is 0 Å². The van der Waals surface area contributed by atoms with Gasteiger partial charge in [-0.3, -0.25) is 9.59 Å². The summed E-state index contributed by atoms with van der Waals surface area (Å²) >= 11 is 1.35. The van der Waals surface area contributed by atoms with E-state index in [1.165, 1.54) is 11.8 Å². The van der Waals surface area contributed by atoms with Crippen LogP contribution in [0.2, 0.25) is 0 Å². The van der Waals surface area contributed by atoms with Crippen LogP contribution in [0.3, 0.4) is 0 Å². The molecule has 1 heterocycles. The number of thioether (sulfide) groups is 1. The van der Waals surface area contributed by atoms with Gasteiger partial charge in [0.15, 0.2) is 0 Å². The number of carbonyl (C=O) groups is 2. The molecule has 0 aromatic carbocycles. The highest BCUT2D eigenvalue weighted by Gasteiger charge is 2.26. The van der Waals surface area contributed by atoms with E-state index >= 15 is 0 Å². The first kappa shape index (κ1) is 18.3. The summed E-state index contributed by atoms with van der Waals surface area (Å²) in [5.74, 6) is 0.648. The molecule has 0 bridgehead atoms. The molecule has 0 aromatic heterocycles. The lowest BCUT2D eigenvalue weighted by atomic mass is 9.93. The van der Waals surface area contributed by atoms with E-state index in [2.05, 4.69) is 5.32 Å². The second kappa shape index (κ2) is 9.27. The molecular formula is C14H27N3O3S. The number of rotatable bonds is 8. The van der Waals surface area contributed by atoms with Gasteiger partial charge in [0.05, 0.1) is 30.3 Å². The second-order valence-electron chi connectivity index (χ2n) is 5.23. The summed E-state index contributed by atoms with van der Waals surface area (Å²) in [5.41, 5.74) is 5.44. The van der Waals surface area contributed by atoms with Crippen molar-refractivity contribution < 1.29 is 14.3 Å². The Kier molecular flexibility index (Phi) is 8.06. The minimum Gasteiger partial charge on any atom is -0.378 e. The summed E-state index contributed by atoms with van der Waals surface area (Å²) in [6.07, 6.45) is 1.62. The molecule has 7 heteroatoms. The summed E-state index contributed by atoms with van der Waals surface area (Å²) in [7, 11) is 0. The standard InChI is InChI=1S/C14H27N3O3S/c1-3-14(4-2,11-15)16-12(18)9-21-10-13(19)17-5-7-20-8-6-17/h3-11,15H2,1-2H3,(H,16,18). The lowest BCUT2D eigenvalue weighted by Gasteiger charge is -2.31. The number of hydrogen-bond acceptors (Lipinski definition) is 5. The summed E-state index contributed by atoms with van der Waals surface area (Å²) in [6.45, 7) is 6.97. The average Bonchev–Trinajstić information content (AvgIpc) is 2.53. The Bertz CT molecular complexity index is 334. The maximum Gasteiger partial charge on any atom is 0.232 e. The van der Waals surface area contributed by atoms with Crippen LogP contribution < -0.4 is 11.1 Å². The Balaban J connectivity index is 2.28. The van der Waals surface area contributed by atoms with E-state index in [1.807, 2.05) is 13.8 Å². The van der Waals surface area contributed by atoms with E-state index < -0.39 is 0 Å². The number of ether oxygens (including phenoxy) is 1. The van der Waals surface area contributed by atoms with Crippen LogP contribution in [0.15, 0.2) is 0 Å². The Hall–Kier alpha value is -0.790. The normalized spacial score (nSPS) is 15.9. The quantitative estimate of drug-likeness (QED) is 0.669. The van der Waals surface area contributed by atoms with Crippen molar-refractivity contribution in [3.05, 3.63) is 0 Å². The topological polar surface area (TPSA) is 84.7 Å². The summed E-state index contributed by atoms with van der Waals surface area (Å²) in [5, 5.41) is 3.00. The molecular weight excluding hydrogens is 290 g/mol. The van der Waals surface area contributed by atoms with Gasteiger partial charge in [-0.2, -0.15) is 0 Å². The Morgan fingerprint density at radius 3 is 2.38 bits per heavy atom. The first-order valence-electron chi connectivity index (χ1n) is 7.51. The molecule has 6 nitrogen and oxygen atoms in total. The molecule has 3 N–H and O–H groups in total. The maximum atomic E-state index is 12.0. The Morgan fingerprint density at radius 1 is 1.24 bits per heavy atom. The van der Waals surface area contributed by atoms with Crippen molar-refractivity contribution in [2.45, 2.75) is 32.2 Å². The van der Waals surface area contributed by atoms with E-state index in [0.29, 0.717) is 38.6 Å². The zero-order valence-corrected chi connectivity index (χ0v) is 13.8. The molecule has 0 saturated carbocycles. The van der Waals surface area contributed by atoms with Crippen molar-refractivity contribution >= 4 is 23.6 Å². The predicted octanol–water partition coefficient (Wildman–Crippen LogP) is 0.212. The van der Waals surface area contributed by atoms with Gasteiger partial charge in [-0.05, 0) is 12.8 Å². The monoisotopic (exact) mass is 317 g/mol. The fraction of sp³-hybridized carbons (Fsp3) is 0.857. The predicted molar refractivity (Wildman–Crippen MR) is 85.2 cm³/mol. The van der Waals surface area contributed by atoms with Crippen molar-refractivity contribution in [1.29, 1.82) is 0 Å². The fourth-order valence-corrected chi connectivity index (χ4v) is 2.95. The summed E-state index contributed by atoms with van der Waals surface area (Å²) < 4.78 is 5.21. The first-order valence-corrected chi connectivity index (χ1v) is 8.66. The molecule has 0 spiro atoms. The number of nitrogens with zero attached hydrogens (tertiary/aromatic N) is 1. The van der Waals surface area contributed by atoms with Crippen LogP contribution in [0.4, 0.5) is 0 Å². The zero-order chi connectivity index (χ0) is 15.7. The number of nitrogens with one attached hydrogen (secondary N) is 1. The van der Waals surface area contributed by atoms with E-state index in [0.717, 1.165) is 12.8 Å². The van der Waals surface area contributed by atoms with Gasteiger partial charge in [-0.15, -0.1) is 11.8 Å². The molecule has 1 rings (SSSR count). The molecule has 0 atom stereocenters. The SMILES string of the molecule is CCC(CC)(CN)NC(=O)CSCC(=O)N1CCOCC1. The van der Waals surface area contributed by atoms with Crippen LogP contribution in [0.25, 0.3) is 0 Å². The highest BCUT2D eigenvalue weighted by Crippen LogP contribution is 2.14. The number of morpholine rings is 1. The van der Waals surface area contributed by atoms with E-state index in [1.54, 1.807) is 4.90 Å². The van der Waals surface area contributed by atoms with Gasteiger partial charge in [-0.1, -0.05) is 13.8 Å². The van der Waals surface area contributed by atoms with Crippen molar-refractivity contribution in [2.75, 3.05) is 44.4 Å². The molecule has 0 unspecified atom stereocenters. The highest BCUT2D eigenvalue weighted by molar-refractivity contribution is 8.00. The van der Waals surface area contributed by atoms with Gasteiger partial charge in [0, 0.05) is 19.6 Å². The molecule has 0 aromatic rings. The Morgan fingerprint density at radius 2 is 1.86 bits per heavy atom. The molecule has 0 radical (unpaired) electrons. The third-order valence-corrected chi connectivity index (χ3v) is 4.89. The van der Waals surface area contributed by atoms with Crippen molar-refractivity contribution in [2.24, 2.45) is 5.73 Å². The summed E-state index contributed by atoms with van der Waals surface area (Å²) in [4.78, 5) is 25.7. The van der Waals surface area contributed by atoms with Crippen molar-refractivity contribution in [1.82, 2.24) is 10.2 Å². The van der Waals surface area contributed by atoms with Gasteiger partial charge >= 0.3 is 0 Å². The van der Waals surface area contributed by atoms with Crippen LogP contribution in [-0.4, -0.2) is 66.6 Å². The van der Waals surface area contributed by atoms with Gasteiger partial charge in [0.25, 0.3) is 0 Å². The lowest BCUT2D eigenvalue weighted by Crippen LogP contribution is -2.53. The highest BCUT2D eigenvalue weighted by atomic mass is 32.2.